The lowest BCUT2D eigenvalue weighted by molar-refractivity contribution is 0.100. The summed E-state index contributed by atoms with van der Waals surface area (Å²) in [6.07, 6.45) is 4.13. The molecule has 0 spiro atoms. The Hall–Kier alpha value is -1.69. The number of rotatable bonds is 5. The molecule has 2 N–H and O–H groups in total. The first kappa shape index (κ1) is 18.1. The average Bonchev–Trinajstić information content (AvgIpc) is 2.99. The van der Waals surface area contributed by atoms with Gasteiger partial charge in [0, 0.05) is 20.2 Å². The van der Waals surface area contributed by atoms with E-state index in [0.29, 0.717) is 4.88 Å². The number of hydrogen-bond acceptors (Lipinski definition) is 4. The molecule has 0 aliphatic rings. The van der Waals surface area contributed by atoms with Crippen molar-refractivity contribution in [2.75, 3.05) is 12.5 Å². The lowest BCUT2D eigenvalue weighted by Gasteiger charge is -2.08. The number of amides is 1. The second-order valence-electron chi connectivity index (χ2n) is 5.58. The Morgan fingerprint density at radius 1 is 0.880 bits per heavy atom. The van der Waals surface area contributed by atoms with Gasteiger partial charge in [-0.25, -0.2) is 0 Å². The van der Waals surface area contributed by atoms with Crippen LogP contribution in [0.5, 0.6) is 0 Å². The highest BCUT2D eigenvalue weighted by molar-refractivity contribution is 7.98. The predicted octanol–water partition coefficient (Wildman–Crippen LogP) is 5.93. The smallest absolute Gasteiger partial charge is 0.259 e. The molecule has 3 aromatic rings. The van der Waals surface area contributed by atoms with Gasteiger partial charge in [0.05, 0.1) is 4.88 Å². The van der Waals surface area contributed by atoms with Crippen molar-refractivity contribution in [1.82, 2.24) is 0 Å². The van der Waals surface area contributed by atoms with E-state index >= 15 is 0 Å². The summed E-state index contributed by atoms with van der Waals surface area (Å²) >= 11 is 4.91. The number of thiophene rings is 1. The quantitative estimate of drug-likeness (QED) is 0.553. The summed E-state index contributed by atoms with van der Waals surface area (Å²) in [5, 5.41) is 0. The van der Waals surface area contributed by atoms with Crippen molar-refractivity contribution < 1.29 is 4.79 Å². The molecule has 0 fully saturated rings. The zero-order valence-corrected chi connectivity index (χ0v) is 16.8. The van der Waals surface area contributed by atoms with E-state index in [1.807, 2.05) is 6.92 Å². The highest BCUT2D eigenvalue weighted by Gasteiger charge is 2.20. The van der Waals surface area contributed by atoms with Crippen LogP contribution in [-0.2, 0) is 0 Å². The van der Waals surface area contributed by atoms with Gasteiger partial charge in [-0.05, 0) is 60.4 Å². The van der Waals surface area contributed by atoms with Crippen LogP contribution >= 0.6 is 34.9 Å². The molecule has 0 bridgehead atoms. The molecular formula is C20H19NOS3. The Labute approximate surface area is 160 Å². The first-order valence-electron chi connectivity index (χ1n) is 7.77. The molecule has 0 aliphatic heterocycles. The monoisotopic (exact) mass is 385 g/mol. The van der Waals surface area contributed by atoms with E-state index in [1.165, 1.54) is 21.1 Å². The Bertz CT molecular complexity index is 896. The van der Waals surface area contributed by atoms with E-state index in [-0.39, 0.29) is 5.91 Å². The van der Waals surface area contributed by atoms with E-state index in [0.717, 1.165) is 27.1 Å². The lowest BCUT2D eigenvalue weighted by atomic mass is 9.98. The fraction of sp³-hybridized carbons (Fsp3) is 0.150. The maximum Gasteiger partial charge on any atom is 0.259 e. The molecule has 3 rings (SSSR count). The van der Waals surface area contributed by atoms with Crippen molar-refractivity contribution in [2.24, 2.45) is 5.73 Å². The number of primary amides is 1. The third-order valence-electron chi connectivity index (χ3n) is 4.10. The molecule has 0 atom stereocenters. The topological polar surface area (TPSA) is 43.1 Å². The first-order valence-corrected chi connectivity index (χ1v) is 11.0. The van der Waals surface area contributed by atoms with Crippen LogP contribution in [0.15, 0.2) is 58.3 Å². The molecule has 25 heavy (non-hydrogen) atoms. The molecule has 1 heterocycles. The van der Waals surface area contributed by atoms with Gasteiger partial charge in [-0.3, -0.25) is 4.79 Å². The minimum Gasteiger partial charge on any atom is -0.365 e. The van der Waals surface area contributed by atoms with Gasteiger partial charge in [-0.1, -0.05) is 24.3 Å². The summed E-state index contributed by atoms with van der Waals surface area (Å²) in [7, 11) is 0. The molecule has 2 aromatic carbocycles. The van der Waals surface area contributed by atoms with Crippen LogP contribution in [0.4, 0.5) is 0 Å². The fourth-order valence-corrected chi connectivity index (χ4v) is 4.80. The Morgan fingerprint density at radius 2 is 1.36 bits per heavy atom. The Kier molecular flexibility index (Phi) is 5.57. The SMILES string of the molecule is CSc1ccc(-c2sc(C(N)=O)c(C)c2-c2ccc(SC)cc2)cc1. The van der Waals surface area contributed by atoms with Crippen LogP contribution in [-0.4, -0.2) is 18.4 Å². The standard InChI is InChI=1S/C20H19NOS3/c1-12-17(13-4-8-15(23-2)9-5-13)19(25-18(12)20(21)22)14-6-10-16(24-3)11-7-14/h4-11H,1-3H3,(H2,21,22). The van der Waals surface area contributed by atoms with Gasteiger partial charge in [-0.15, -0.1) is 34.9 Å². The molecule has 0 aliphatic carbocycles. The number of thioether (sulfide) groups is 2. The van der Waals surface area contributed by atoms with E-state index in [2.05, 4.69) is 61.0 Å². The molecule has 0 saturated carbocycles. The van der Waals surface area contributed by atoms with Gasteiger partial charge in [0.2, 0.25) is 0 Å². The second-order valence-corrected chi connectivity index (χ2v) is 8.36. The van der Waals surface area contributed by atoms with Crippen molar-refractivity contribution >= 4 is 40.8 Å². The molecule has 0 saturated heterocycles. The second kappa shape index (κ2) is 7.68. The normalized spacial score (nSPS) is 10.8. The van der Waals surface area contributed by atoms with Gasteiger partial charge in [0.15, 0.2) is 0 Å². The Balaban J connectivity index is 2.18. The van der Waals surface area contributed by atoms with E-state index < -0.39 is 0 Å². The van der Waals surface area contributed by atoms with Gasteiger partial charge >= 0.3 is 0 Å². The molecular weight excluding hydrogens is 366 g/mol. The van der Waals surface area contributed by atoms with E-state index in [4.69, 9.17) is 5.73 Å². The highest BCUT2D eigenvalue weighted by Crippen LogP contribution is 2.43. The van der Waals surface area contributed by atoms with Gasteiger partial charge in [0.1, 0.15) is 0 Å². The summed E-state index contributed by atoms with van der Waals surface area (Å²) in [6.45, 7) is 1.98. The molecule has 0 radical (unpaired) electrons. The van der Waals surface area contributed by atoms with E-state index in [1.54, 1.807) is 23.5 Å². The Morgan fingerprint density at radius 3 is 1.80 bits per heavy atom. The van der Waals surface area contributed by atoms with Crippen LogP contribution in [0.3, 0.4) is 0 Å². The van der Waals surface area contributed by atoms with Crippen LogP contribution < -0.4 is 5.73 Å². The summed E-state index contributed by atoms with van der Waals surface area (Å²) in [5.74, 6) is -0.364. The maximum absolute atomic E-state index is 11.9. The van der Waals surface area contributed by atoms with Gasteiger partial charge < -0.3 is 5.73 Å². The maximum atomic E-state index is 11.9. The lowest BCUT2D eigenvalue weighted by Crippen LogP contribution is -2.10. The number of carbonyl (C=O) groups is 1. The van der Waals surface area contributed by atoms with Gasteiger partial charge in [0.25, 0.3) is 5.91 Å². The summed E-state index contributed by atoms with van der Waals surface area (Å²) in [6, 6.07) is 16.9. The zero-order chi connectivity index (χ0) is 18.0. The summed E-state index contributed by atoms with van der Waals surface area (Å²) in [5.41, 5.74) is 9.89. The van der Waals surface area contributed by atoms with Crippen LogP contribution in [0.2, 0.25) is 0 Å². The minimum atomic E-state index is -0.364. The summed E-state index contributed by atoms with van der Waals surface area (Å²) in [4.78, 5) is 16.0. The molecule has 1 aromatic heterocycles. The zero-order valence-electron chi connectivity index (χ0n) is 14.3. The largest absolute Gasteiger partial charge is 0.365 e. The number of hydrogen-bond donors (Lipinski definition) is 1. The predicted molar refractivity (Wildman–Crippen MR) is 112 cm³/mol. The van der Waals surface area contributed by atoms with Crippen molar-refractivity contribution in [3.05, 3.63) is 59.0 Å². The average molecular weight is 386 g/mol. The molecule has 128 valence electrons. The van der Waals surface area contributed by atoms with Crippen LogP contribution in [0, 0.1) is 6.92 Å². The summed E-state index contributed by atoms with van der Waals surface area (Å²) < 4.78 is 0. The number of nitrogens with two attached hydrogens (primary N) is 1. The van der Waals surface area contributed by atoms with Crippen LogP contribution in [0.25, 0.3) is 21.6 Å². The van der Waals surface area contributed by atoms with Crippen molar-refractivity contribution in [3.63, 3.8) is 0 Å². The number of benzene rings is 2. The first-order chi connectivity index (χ1) is 12.0. The van der Waals surface area contributed by atoms with Crippen molar-refractivity contribution in [3.8, 4) is 21.6 Å². The van der Waals surface area contributed by atoms with Crippen molar-refractivity contribution in [1.29, 1.82) is 0 Å². The van der Waals surface area contributed by atoms with Gasteiger partial charge in [-0.2, -0.15) is 0 Å². The third-order valence-corrected chi connectivity index (χ3v) is 6.94. The molecule has 2 nitrogen and oxygen atoms in total. The third kappa shape index (κ3) is 3.64. The molecule has 5 heteroatoms. The number of carbonyl (C=O) groups excluding carboxylic acids is 1. The van der Waals surface area contributed by atoms with Crippen molar-refractivity contribution in [2.45, 2.75) is 16.7 Å². The van der Waals surface area contributed by atoms with Crippen LogP contribution in [0.1, 0.15) is 15.2 Å². The minimum absolute atomic E-state index is 0.364. The highest BCUT2D eigenvalue weighted by atomic mass is 32.2. The molecule has 1 amide bonds. The van der Waals surface area contributed by atoms with E-state index in [9.17, 15) is 4.79 Å². The molecule has 0 unspecified atom stereocenters. The fourth-order valence-electron chi connectivity index (χ4n) is 2.80.